The van der Waals surface area contributed by atoms with E-state index in [1.165, 1.54) is 0 Å². The first kappa shape index (κ1) is 17.6. The molecule has 0 aliphatic rings. The maximum Gasteiger partial charge on any atom is 0.304 e. The SMILES string of the molecule is CCCCCC(=O)Nc1cccc(CSCCC(=O)O)c1. The van der Waals surface area contributed by atoms with Crippen molar-refractivity contribution in [1.82, 2.24) is 0 Å². The second-order valence-corrected chi connectivity index (χ2v) is 6.01. The van der Waals surface area contributed by atoms with Gasteiger partial charge >= 0.3 is 5.97 Å². The van der Waals surface area contributed by atoms with Crippen molar-refractivity contribution in [3.05, 3.63) is 29.8 Å². The Hall–Kier alpha value is -1.49. The highest BCUT2D eigenvalue weighted by molar-refractivity contribution is 7.98. The number of hydrogen-bond donors (Lipinski definition) is 2. The van der Waals surface area contributed by atoms with E-state index in [0.29, 0.717) is 12.2 Å². The zero-order valence-electron chi connectivity index (χ0n) is 12.4. The summed E-state index contributed by atoms with van der Waals surface area (Å²) in [6, 6.07) is 7.73. The third-order valence-electron chi connectivity index (χ3n) is 2.95. The number of benzene rings is 1. The van der Waals surface area contributed by atoms with Crippen molar-refractivity contribution in [3.63, 3.8) is 0 Å². The average molecular weight is 309 g/mol. The Morgan fingerprint density at radius 2 is 2.05 bits per heavy atom. The fourth-order valence-electron chi connectivity index (χ4n) is 1.85. The number of carbonyl (C=O) groups excluding carboxylic acids is 1. The molecule has 0 unspecified atom stereocenters. The molecule has 1 rings (SSSR count). The standard InChI is InChI=1S/C16H23NO3S/c1-2-3-4-8-15(18)17-14-7-5-6-13(11-14)12-21-10-9-16(19)20/h5-7,11H,2-4,8-10,12H2,1H3,(H,17,18)(H,19,20). The molecule has 0 fully saturated rings. The lowest BCUT2D eigenvalue weighted by atomic mass is 10.2. The molecule has 0 atom stereocenters. The second-order valence-electron chi connectivity index (χ2n) is 4.90. The van der Waals surface area contributed by atoms with Gasteiger partial charge in [0.05, 0.1) is 6.42 Å². The lowest BCUT2D eigenvalue weighted by Gasteiger charge is -2.07. The fourth-order valence-corrected chi connectivity index (χ4v) is 2.73. The van der Waals surface area contributed by atoms with Crippen LogP contribution in [0.4, 0.5) is 5.69 Å². The van der Waals surface area contributed by atoms with Gasteiger partial charge in [0.15, 0.2) is 0 Å². The Balaban J connectivity index is 2.37. The minimum Gasteiger partial charge on any atom is -0.481 e. The van der Waals surface area contributed by atoms with E-state index in [4.69, 9.17) is 5.11 Å². The van der Waals surface area contributed by atoms with Gasteiger partial charge in [-0.3, -0.25) is 9.59 Å². The summed E-state index contributed by atoms with van der Waals surface area (Å²) in [5.41, 5.74) is 1.91. The van der Waals surface area contributed by atoms with Gasteiger partial charge < -0.3 is 10.4 Å². The van der Waals surface area contributed by atoms with Gasteiger partial charge in [0.2, 0.25) is 5.91 Å². The highest BCUT2D eigenvalue weighted by Gasteiger charge is 2.03. The van der Waals surface area contributed by atoms with Crippen LogP contribution in [-0.2, 0) is 15.3 Å². The number of nitrogens with one attached hydrogen (secondary N) is 1. The molecule has 0 heterocycles. The number of thioether (sulfide) groups is 1. The van der Waals surface area contributed by atoms with Crippen LogP contribution in [0, 0.1) is 0 Å². The van der Waals surface area contributed by atoms with Gasteiger partial charge in [0, 0.05) is 23.6 Å². The number of anilines is 1. The van der Waals surface area contributed by atoms with Crippen molar-refractivity contribution in [2.45, 2.75) is 44.8 Å². The van der Waals surface area contributed by atoms with Crippen molar-refractivity contribution in [2.75, 3.05) is 11.1 Å². The van der Waals surface area contributed by atoms with Crippen LogP contribution in [0.2, 0.25) is 0 Å². The van der Waals surface area contributed by atoms with E-state index < -0.39 is 5.97 Å². The van der Waals surface area contributed by atoms with Crippen LogP contribution in [0.1, 0.15) is 44.6 Å². The zero-order chi connectivity index (χ0) is 15.5. The number of carboxylic acids is 1. The monoisotopic (exact) mass is 309 g/mol. The van der Waals surface area contributed by atoms with Crippen molar-refractivity contribution < 1.29 is 14.7 Å². The Labute approximate surface area is 130 Å². The second kappa shape index (κ2) is 10.3. The number of rotatable bonds is 10. The smallest absolute Gasteiger partial charge is 0.304 e. The normalized spacial score (nSPS) is 10.3. The van der Waals surface area contributed by atoms with E-state index in [-0.39, 0.29) is 12.3 Å². The minimum absolute atomic E-state index is 0.0548. The van der Waals surface area contributed by atoms with Gasteiger partial charge in [-0.15, -0.1) is 0 Å². The van der Waals surface area contributed by atoms with Gasteiger partial charge in [-0.1, -0.05) is 31.9 Å². The maximum absolute atomic E-state index is 11.8. The van der Waals surface area contributed by atoms with Crippen LogP contribution in [0.5, 0.6) is 0 Å². The number of hydrogen-bond acceptors (Lipinski definition) is 3. The summed E-state index contributed by atoms with van der Waals surface area (Å²) in [6.45, 7) is 2.11. The maximum atomic E-state index is 11.8. The summed E-state index contributed by atoms with van der Waals surface area (Å²) >= 11 is 1.59. The first-order valence-electron chi connectivity index (χ1n) is 7.30. The molecule has 1 amide bonds. The number of carbonyl (C=O) groups is 2. The van der Waals surface area contributed by atoms with Crippen molar-refractivity contribution in [1.29, 1.82) is 0 Å². The zero-order valence-corrected chi connectivity index (χ0v) is 13.2. The molecule has 5 heteroatoms. The Kier molecular flexibility index (Phi) is 8.59. The molecule has 1 aromatic carbocycles. The summed E-state index contributed by atoms with van der Waals surface area (Å²) in [5.74, 6) is 0.644. The number of carboxylic acid groups (broad SMARTS) is 1. The Morgan fingerprint density at radius 1 is 1.24 bits per heavy atom. The Morgan fingerprint density at radius 3 is 2.76 bits per heavy atom. The highest BCUT2D eigenvalue weighted by atomic mass is 32.2. The first-order valence-corrected chi connectivity index (χ1v) is 8.45. The summed E-state index contributed by atoms with van der Waals surface area (Å²) in [4.78, 5) is 22.2. The molecule has 4 nitrogen and oxygen atoms in total. The Bertz CT molecular complexity index is 463. The summed E-state index contributed by atoms with van der Waals surface area (Å²) < 4.78 is 0. The molecule has 21 heavy (non-hydrogen) atoms. The molecule has 0 saturated heterocycles. The third-order valence-corrected chi connectivity index (χ3v) is 3.98. The van der Waals surface area contributed by atoms with E-state index in [9.17, 15) is 9.59 Å². The molecule has 0 aliphatic carbocycles. The lowest BCUT2D eigenvalue weighted by molar-refractivity contribution is -0.136. The summed E-state index contributed by atoms with van der Waals surface area (Å²) in [6.07, 6.45) is 3.85. The molecule has 0 radical (unpaired) electrons. The predicted octanol–water partition coefficient (Wildman–Crippen LogP) is 3.91. The quantitative estimate of drug-likeness (QED) is 0.643. The van der Waals surface area contributed by atoms with Crippen LogP contribution in [0.15, 0.2) is 24.3 Å². The van der Waals surface area contributed by atoms with Crippen LogP contribution < -0.4 is 5.32 Å². The molecule has 0 aliphatic heterocycles. The topological polar surface area (TPSA) is 66.4 Å². The van der Waals surface area contributed by atoms with Crippen LogP contribution in [0.3, 0.4) is 0 Å². The summed E-state index contributed by atoms with van der Waals surface area (Å²) in [7, 11) is 0. The van der Waals surface area contributed by atoms with Crippen molar-refractivity contribution in [3.8, 4) is 0 Å². The lowest BCUT2D eigenvalue weighted by Crippen LogP contribution is -2.11. The third kappa shape index (κ3) is 8.40. The van der Waals surface area contributed by atoms with Crippen molar-refractivity contribution in [2.24, 2.45) is 0 Å². The fraction of sp³-hybridized carbons (Fsp3) is 0.500. The molecule has 0 spiro atoms. The van der Waals surface area contributed by atoms with E-state index in [1.807, 2.05) is 24.3 Å². The van der Waals surface area contributed by atoms with Gasteiger partial charge in [-0.05, 0) is 24.1 Å². The number of unbranched alkanes of at least 4 members (excludes halogenated alkanes) is 2. The molecule has 1 aromatic rings. The van der Waals surface area contributed by atoms with Crippen LogP contribution >= 0.6 is 11.8 Å². The van der Waals surface area contributed by atoms with E-state index >= 15 is 0 Å². The van der Waals surface area contributed by atoms with Gasteiger partial charge in [0.25, 0.3) is 0 Å². The molecule has 0 saturated carbocycles. The largest absolute Gasteiger partial charge is 0.481 e. The molecular weight excluding hydrogens is 286 g/mol. The van der Waals surface area contributed by atoms with Crippen LogP contribution in [0.25, 0.3) is 0 Å². The number of amides is 1. The van der Waals surface area contributed by atoms with E-state index in [1.54, 1.807) is 11.8 Å². The highest BCUT2D eigenvalue weighted by Crippen LogP contribution is 2.17. The van der Waals surface area contributed by atoms with Crippen LogP contribution in [-0.4, -0.2) is 22.7 Å². The van der Waals surface area contributed by atoms with Gasteiger partial charge in [-0.25, -0.2) is 0 Å². The molecule has 2 N–H and O–H groups in total. The summed E-state index contributed by atoms with van der Waals surface area (Å²) in [5, 5.41) is 11.5. The minimum atomic E-state index is -0.768. The predicted molar refractivity (Wildman–Crippen MR) is 87.6 cm³/mol. The van der Waals surface area contributed by atoms with Gasteiger partial charge in [0.1, 0.15) is 0 Å². The average Bonchev–Trinajstić information content (AvgIpc) is 2.44. The molecule has 116 valence electrons. The molecule has 0 aromatic heterocycles. The van der Waals surface area contributed by atoms with Gasteiger partial charge in [-0.2, -0.15) is 11.8 Å². The molecule has 0 bridgehead atoms. The first-order chi connectivity index (χ1) is 10.1. The van der Waals surface area contributed by atoms with Crippen molar-refractivity contribution >= 4 is 29.3 Å². The van der Waals surface area contributed by atoms with E-state index in [2.05, 4.69) is 12.2 Å². The molecular formula is C16H23NO3S. The number of aliphatic carboxylic acids is 1. The van der Waals surface area contributed by atoms with E-state index in [0.717, 1.165) is 36.3 Å².